The summed E-state index contributed by atoms with van der Waals surface area (Å²) in [5.74, 6) is 0. The SMILES string of the molecule is [CH3][Sn]([CH3])[O]CCPc1ccccc1. The van der Waals surface area contributed by atoms with Crippen molar-refractivity contribution in [1.82, 2.24) is 0 Å². The van der Waals surface area contributed by atoms with Gasteiger partial charge in [-0.3, -0.25) is 0 Å². The number of rotatable bonds is 5. The molecule has 0 aliphatic carbocycles. The maximum absolute atomic E-state index is 5.67. The fourth-order valence-electron chi connectivity index (χ4n) is 1.01. The Kier molecular flexibility index (Phi) is 6.01. The number of benzene rings is 1. The molecule has 71 valence electrons. The molecule has 0 amide bonds. The van der Waals surface area contributed by atoms with Gasteiger partial charge in [-0.1, -0.05) is 0 Å². The Hall–Kier alpha value is 0.409. The van der Waals surface area contributed by atoms with E-state index in [1.165, 1.54) is 11.5 Å². The molecule has 1 unspecified atom stereocenters. The molecular formula is C10H16OPSn. The second-order valence-electron chi connectivity index (χ2n) is 3.05. The normalized spacial score (nSPS) is 11.6. The van der Waals surface area contributed by atoms with Crippen molar-refractivity contribution in [3.05, 3.63) is 30.3 Å². The van der Waals surface area contributed by atoms with Crippen molar-refractivity contribution in [2.75, 3.05) is 12.8 Å². The molecule has 0 aliphatic heterocycles. The minimum atomic E-state index is -1.27. The molecule has 0 saturated heterocycles. The van der Waals surface area contributed by atoms with E-state index in [0.29, 0.717) is 0 Å². The topological polar surface area (TPSA) is 9.23 Å². The van der Waals surface area contributed by atoms with Gasteiger partial charge in [-0.15, -0.1) is 0 Å². The maximum atomic E-state index is 5.67. The van der Waals surface area contributed by atoms with Crippen molar-refractivity contribution < 1.29 is 3.07 Å². The van der Waals surface area contributed by atoms with Crippen LogP contribution in [-0.4, -0.2) is 32.9 Å². The Morgan fingerprint density at radius 3 is 2.54 bits per heavy atom. The Morgan fingerprint density at radius 1 is 1.23 bits per heavy atom. The van der Waals surface area contributed by atoms with Gasteiger partial charge in [-0.25, -0.2) is 0 Å². The van der Waals surface area contributed by atoms with Crippen molar-refractivity contribution in [1.29, 1.82) is 0 Å². The molecular weight excluding hydrogens is 286 g/mol. The first-order valence-electron chi connectivity index (χ1n) is 4.51. The molecule has 0 spiro atoms. The molecule has 1 atom stereocenters. The summed E-state index contributed by atoms with van der Waals surface area (Å²) in [5, 5.41) is 1.45. The van der Waals surface area contributed by atoms with Crippen LogP contribution in [0.4, 0.5) is 0 Å². The van der Waals surface area contributed by atoms with Crippen LogP contribution in [0, 0.1) is 0 Å². The number of hydrogen-bond acceptors (Lipinski definition) is 1. The van der Waals surface area contributed by atoms with Gasteiger partial charge in [0.05, 0.1) is 0 Å². The molecule has 1 aromatic carbocycles. The standard InChI is InChI=1S/C8H10OP.2CH3.Sn/c9-6-7-10-8-4-2-1-3-5-8;;;/h1-5,10H,6-7H2;2*1H3;/q-1;;;+1. The van der Waals surface area contributed by atoms with Gasteiger partial charge in [0, 0.05) is 0 Å². The van der Waals surface area contributed by atoms with Crippen LogP contribution in [0.25, 0.3) is 0 Å². The Labute approximate surface area is 90.0 Å². The van der Waals surface area contributed by atoms with Gasteiger partial charge in [0.1, 0.15) is 0 Å². The number of hydrogen-bond donors (Lipinski definition) is 0. The third-order valence-corrected chi connectivity index (χ3v) is 5.02. The van der Waals surface area contributed by atoms with E-state index in [0.717, 1.165) is 15.2 Å². The van der Waals surface area contributed by atoms with Crippen molar-refractivity contribution in [2.24, 2.45) is 0 Å². The Balaban J connectivity index is 2.13. The third-order valence-electron chi connectivity index (χ3n) is 1.60. The van der Waals surface area contributed by atoms with Crippen LogP contribution >= 0.6 is 8.58 Å². The van der Waals surface area contributed by atoms with Crippen LogP contribution < -0.4 is 5.30 Å². The molecule has 13 heavy (non-hydrogen) atoms. The summed E-state index contributed by atoms with van der Waals surface area (Å²) in [4.78, 5) is 4.54. The van der Waals surface area contributed by atoms with E-state index >= 15 is 0 Å². The van der Waals surface area contributed by atoms with Crippen molar-refractivity contribution >= 4 is 34.1 Å². The molecule has 1 radical (unpaired) electrons. The Morgan fingerprint density at radius 2 is 1.92 bits per heavy atom. The first kappa shape index (κ1) is 11.5. The van der Waals surface area contributed by atoms with E-state index in [1.54, 1.807) is 0 Å². The summed E-state index contributed by atoms with van der Waals surface area (Å²) in [6, 6.07) is 10.6. The zero-order valence-electron chi connectivity index (χ0n) is 8.21. The van der Waals surface area contributed by atoms with E-state index in [1.807, 2.05) is 0 Å². The molecule has 0 saturated carbocycles. The molecule has 1 nitrogen and oxygen atoms in total. The molecule has 0 aromatic heterocycles. The summed E-state index contributed by atoms with van der Waals surface area (Å²) in [5.41, 5.74) is 0. The van der Waals surface area contributed by atoms with Gasteiger partial charge in [0.15, 0.2) is 0 Å². The molecule has 1 rings (SSSR count). The van der Waals surface area contributed by atoms with Crippen LogP contribution in [0.3, 0.4) is 0 Å². The third kappa shape index (κ3) is 5.66. The zero-order valence-corrected chi connectivity index (χ0v) is 12.1. The minimum absolute atomic E-state index is 0.910. The van der Waals surface area contributed by atoms with E-state index in [2.05, 4.69) is 40.2 Å². The molecule has 0 heterocycles. The van der Waals surface area contributed by atoms with Crippen LogP contribution in [0.5, 0.6) is 0 Å². The average Bonchev–Trinajstić information content (AvgIpc) is 2.14. The van der Waals surface area contributed by atoms with Gasteiger partial charge in [-0.2, -0.15) is 0 Å². The monoisotopic (exact) mass is 303 g/mol. The predicted molar refractivity (Wildman–Crippen MR) is 62.7 cm³/mol. The summed E-state index contributed by atoms with van der Waals surface area (Å²) < 4.78 is 5.67. The predicted octanol–water partition coefficient (Wildman–Crippen LogP) is 2.26. The van der Waals surface area contributed by atoms with Gasteiger partial charge >= 0.3 is 90.1 Å². The Bertz CT molecular complexity index is 226. The van der Waals surface area contributed by atoms with Crippen LogP contribution in [0.1, 0.15) is 0 Å². The molecule has 3 heteroatoms. The fourth-order valence-corrected chi connectivity index (χ4v) is 3.97. The molecule has 0 N–H and O–H groups in total. The summed E-state index contributed by atoms with van der Waals surface area (Å²) in [6.45, 7) is 0.967. The van der Waals surface area contributed by atoms with Gasteiger partial charge in [0.25, 0.3) is 0 Å². The molecule has 1 aromatic rings. The van der Waals surface area contributed by atoms with E-state index in [9.17, 15) is 0 Å². The molecule has 0 fully saturated rings. The van der Waals surface area contributed by atoms with Crippen molar-refractivity contribution in [2.45, 2.75) is 9.88 Å². The molecule has 0 bridgehead atoms. The first-order chi connectivity index (χ1) is 6.29. The van der Waals surface area contributed by atoms with E-state index < -0.39 is 20.2 Å². The van der Waals surface area contributed by atoms with Crippen LogP contribution in [-0.2, 0) is 3.07 Å². The fraction of sp³-hybridized carbons (Fsp3) is 0.400. The zero-order chi connectivity index (χ0) is 9.52. The molecule has 0 aliphatic rings. The van der Waals surface area contributed by atoms with E-state index in [-0.39, 0.29) is 0 Å². The quantitative estimate of drug-likeness (QED) is 0.460. The van der Waals surface area contributed by atoms with Crippen LogP contribution in [0.2, 0.25) is 9.88 Å². The second kappa shape index (κ2) is 6.80. The van der Waals surface area contributed by atoms with Gasteiger partial charge in [-0.05, 0) is 0 Å². The van der Waals surface area contributed by atoms with Crippen molar-refractivity contribution in [3.63, 3.8) is 0 Å². The summed E-state index contributed by atoms with van der Waals surface area (Å²) in [6.07, 6.45) is 1.19. The first-order valence-corrected chi connectivity index (χ1v) is 12.6. The average molecular weight is 302 g/mol. The van der Waals surface area contributed by atoms with Crippen molar-refractivity contribution in [3.8, 4) is 0 Å². The summed E-state index contributed by atoms with van der Waals surface area (Å²) in [7, 11) is 0.910. The van der Waals surface area contributed by atoms with Gasteiger partial charge in [0.2, 0.25) is 0 Å². The van der Waals surface area contributed by atoms with Crippen LogP contribution in [0.15, 0.2) is 30.3 Å². The summed E-state index contributed by atoms with van der Waals surface area (Å²) >= 11 is -1.27. The van der Waals surface area contributed by atoms with Gasteiger partial charge < -0.3 is 0 Å². The second-order valence-corrected chi connectivity index (χ2v) is 10.5. The van der Waals surface area contributed by atoms with E-state index in [4.69, 9.17) is 3.07 Å².